The van der Waals surface area contributed by atoms with Gasteiger partial charge in [0.15, 0.2) is 17.2 Å². The van der Waals surface area contributed by atoms with E-state index < -0.39 is 5.82 Å². The lowest BCUT2D eigenvalue weighted by Gasteiger charge is -2.40. The van der Waals surface area contributed by atoms with Gasteiger partial charge in [-0.15, -0.1) is 0 Å². The van der Waals surface area contributed by atoms with Crippen molar-refractivity contribution in [3.05, 3.63) is 48.2 Å². The molecule has 30 heavy (non-hydrogen) atoms. The van der Waals surface area contributed by atoms with Gasteiger partial charge in [0, 0.05) is 11.3 Å². The number of aromatic nitrogens is 4. The van der Waals surface area contributed by atoms with Gasteiger partial charge >= 0.3 is 0 Å². The average molecular weight is 410 g/mol. The molecule has 8 nitrogen and oxygen atoms in total. The molecule has 0 saturated carbocycles. The summed E-state index contributed by atoms with van der Waals surface area (Å²) < 4.78 is 27.8. The van der Waals surface area contributed by atoms with Gasteiger partial charge < -0.3 is 19.7 Å². The van der Waals surface area contributed by atoms with E-state index in [0.717, 1.165) is 5.56 Å². The van der Waals surface area contributed by atoms with Crippen molar-refractivity contribution in [3.8, 4) is 11.6 Å². The summed E-state index contributed by atoms with van der Waals surface area (Å²) in [6, 6.07) is 1.19. The Balaban J connectivity index is 1.74. The molecule has 0 amide bonds. The fourth-order valence-electron chi connectivity index (χ4n) is 4.08. The zero-order chi connectivity index (χ0) is 21.0. The van der Waals surface area contributed by atoms with Crippen molar-refractivity contribution in [2.24, 2.45) is 0 Å². The predicted molar refractivity (Wildman–Crippen MR) is 110 cm³/mol. The first-order chi connectivity index (χ1) is 14.4. The maximum Gasteiger partial charge on any atom is 0.218 e. The number of ether oxygens (including phenoxy) is 2. The van der Waals surface area contributed by atoms with Gasteiger partial charge in [-0.3, -0.25) is 0 Å². The Bertz CT molecular complexity index is 1150. The third kappa shape index (κ3) is 2.92. The fraction of sp³-hybridized carbons (Fsp3) is 0.381. The Morgan fingerprint density at radius 3 is 2.87 bits per heavy atom. The molecule has 9 heteroatoms. The van der Waals surface area contributed by atoms with Gasteiger partial charge in [0.25, 0.3) is 0 Å². The Morgan fingerprint density at radius 1 is 1.20 bits per heavy atom. The van der Waals surface area contributed by atoms with E-state index in [4.69, 9.17) is 14.5 Å². The van der Waals surface area contributed by atoms with Gasteiger partial charge in [-0.05, 0) is 26.8 Å². The normalized spacial score (nSPS) is 23.5. The smallest absolute Gasteiger partial charge is 0.218 e. The van der Waals surface area contributed by atoms with Crippen LogP contribution >= 0.6 is 0 Å². The fourth-order valence-corrected chi connectivity index (χ4v) is 4.08. The SMILES string of the molecule is C=C1N[C@H](C)COc2ncc(F)cc2[C@@H](C)N2c3nc4c1cnn4cc3OC[C@H]2C. The lowest BCUT2D eigenvalue weighted by atomic mass is 10.1. The van der Waals surface area contributed by atoms with E-state index in [1.807, 2.05) is 20.0 Å². The molecule has 2 bridgehead atoms. The van der Waals surface area contributed by atoms with Gasteiger partial charge in [-0.2, -0.15) is 5.10 Å². The van der Waals surface area contributed by atoms with E-state index in [-0.39, 0.29) is 18.1 Å². The standard InChI is InChI=1S/C21H23FN6O2/c1-11-9-30-21-16(5-15(22)6-23-21)14(4)28-12(2)10-29-18-8-27-19(26-20(18)28)17(7-24-27)13(3)25-11/h5-8,11-12,14,25H,3,9-10H2,1-2,4H3/t11-,12-,14-/m1/s1. The summed E-state index contributed by atoms with van der Waals surface area (Å²) in [6.07, 6.45) is 4.74. The molecule has 3 aromatic heterocycles. The minimum Gasteiger partial charge on any atom is -0.486 e. The summed E-state index contributed by atoms with van der Waals surface area (Å²) in [5.74, 6) is 1.30. The number of rotatable bonds is 0. The van der Waals surface area contributed by atoms with Crippen LogP contribution in [0.3, 0.4) is 0 Å². The van der Waals surface area contributed by atoms with Crippen LogP contribution in [0.4, 0.5) is 10.2 Å². The Morgan fingerprint density at radius 2 is 2.03 bits per heavy atom. The zero-order valence-electron chi connectivity index (χ0n) is 17.1. The number of nitrogens with one attached hydrogen (secondary N) is 1. The monoisotopic (exact) mass is 410 g/mol. The van der Waals surface area contributed by atoms with Gasteiger partial charge in [0.2, 0.25) is 5.88 Å². The topological polar surface area (TPSA) is 76.8 Å². The maximum absolute atomic E-state index is 14.1. The summed E-state index contributed by atoms with van der Waals surface area (Å²) in [5.41, 5.74) is 2.84. The van der Waals surface area contributed by atoms with Crippen LogP contribution in [0.2, 0.25) is 0 Å². The van der Waals surface area contributed by atoms with Crippen LogP contribution in [0, 0.1) is 5.82 Å². The van der Waals surface area contributed by atoms with Crippen LogP contribution in [0.15, 0.2) is 31.2 Å². The molecule has 0 aliphatic carbocycles. The highest BCUT2D eigenvalue weighted by Crippen LogP contribution is 2.40. The molecule has 0 aromatic carbocycles. The second kappa shape index (κ2) is 6.86. The molecular formula is C21H23FN6O2. The number of anilines is 1. The Labute approximate surface area is 173 Å². The van der Waals surface area contributed by atoms with Crippen LogP contribution in [-0.2, 0) is 0 Å². The number of hydrogen-bond donors (Lipinski definition) is 1. The average Bonchev–Trinajstić information content (AvgIpc) is 3.13. The number of fused-ring (bicyclic) bond motifs is 1. The summed E-state index contributed by atoms with van der Waals surface area (Å²) in [5, 5.41) is 7.75. The molecule has 0 radical (unpaired) electrons. The molecule has 1 N–H and O–H groups in total. The first kappa shape index (κ1) is 18.7. The third-order valence-electron chi connectivity index (χ3n) is 5.57. The second-order valence-electron chi connectivity index (χ2n) is 7.88. The Kier molecular flexibility index (Phi) is 4.27. The highest BCUT2D eigenvalue weighted by molar-refractivity contribution is 5.75. The molecule has 156 valence electrons. The van der Waals surface area contributed by atoms with E-state index >= 15 is 0 Å². The quantitative estimate of drug-likeness (QED) is 0.611. The molecule has 3 aromatic rings. The first-order valence-electron chi connectivity index (χ1n) is 9.96. The van der Waals surface area contributed by atoms with E-state index in [2.05, 4.69) is 33.8 Å². The first-order valence-corrected chi connectivity index (χ1v) is 9.96. The van der Waals surface area contributed by atoms with Crippen molar-refractivity contribution >= 4 is 17.2 Å². The van der Waals surface area contributed by atoms with Gasteiger partial charge in [0.05, 0.1) is 42.3 Å². The molecule has 5 rings (SSSR count). The summed E-state index contributed by atoms with van der Waals surface area (Å²) in [4.78, 5) is 11.2. The highest BCUT2D eigenvalue weighted by Gasteiger charge is 2.33. The largest absolute Gasteiger partial charge is 0.486 e. The summed E-state index contributed by atoms with van der Waals surface area (Å²) in [6.45, 7) is 11.0. The van der Waals surface area contributed by atoms with Crippen LogP contribution < -0.4 is 19.7 Å². The molecule has 0 saturated heterocycles. The molecule has 2 aliphatic heterocycles. The molecule has 0 fully saturated rings. The maximum atomic E-state index is 14.1. The van der Waals surface area contributed by atoms with Crippen LogP contribution in [0.1, 0.15) is 37.9 Å². The lowest BCUT2D eigenvalue weighted by molar-refractivity contribution is 0.252. The zero-order valence-corrected chi connectivity index (χ0v) is 17.1. The highest BCUT2D eigenvalue weighted by atomic mass is 19.1. The molecular weight excluding hydrogens is 387 g/mol. The van der Waals surface area contributed by atoms with Crippen molar-refractivity contribution in [2.45, 2.75) is 38.9 Å². The van der Waals surface area contributed by atoms with E-state index in [0.29, 0.717) is 47.6 Å². The Hall–Kier alpha value is -3.36. The summed E-state index contributed by atoms with van der Waals surface area (Å²) in [7, 11) is 0. The molecule has 3 atom stereocenters. The number of halogens is 1. The predicted octanol–water partition coefficient (Wildman–Crippen LogP) is 2.95. The number of hydrogen-bond acceptors (Lipinski definition) is 7. The molecule has 0 unspecified atom stereocenters. The van der Waals surface area contributed by atoms with Crippen molar-refractivity contribution in [1.82, 2.24) is 24.9 Å². The van der Waals surface area contributed by atoms with Crippen LogP contribution in [-0.4, -0.2) is 44.9 Å². The summed E-state index contributed by atoms with van der Waals surface area (Å²) >= 11 is 0. The minimum absolute atomic E-state index is 0.00955. The van der Waals surface area contributed by atoms with E-state index in [1.54, 1.807) is 10.7 Å². The van der Waals surface area contributed by atoms with E-state index in [1.165, 1.54) is 12.3 Å². The van der Waals surface area contributed by atoms with Gasteiger partial charge in [0.1, 0.15) is 19.0 Å². The molecule has 5 heterocycles. The molecule has 2 aliphatic rings. The van der Waals surface area contributed by atoms with Gasteiger partial charge in [-0.1, -0.05) is 6.58 Å². The number of pyridine rings is 1. The van der Waals surface area contributed by atoms with Gasteiger partial charge in [-0.25, -0.2) is 18.9 Å². The van der Waals surface area contributed by atoms with Crippen molar-refractivity contribution < 1.29 is 13.9 Å². The van der Waals surface area contributed by atoms with Crippen molar-refractivity contribution in [1.29, 1.82) is 0 Å². The van der Waals surface area contributed by atoms with Crippen molar-refractivity contribution in [2.75, 3.05) is 18.1 Å². The third-order valence-corrected chi connectivity index (χ3v) is 5.57. The number of nitrogens with zero attached hydrogens (tertiary/aromatic N) is 5. The van der Waals surface area contributed by atoms with Crippen LogP contribution in [0.5, 0.6) is 11.6 Å². The minimum atomic E-state index is -0.407. The van der Waals surface area contributed by atoms with Crippen LogP contribution in [0.25, 0.3) is 11.3 Å². The second-order valence-corrected chi connectivity index (χ2v) is 7.88. The van der Waals surface area contributed by atoms with E-state index in [9.17, 15) is 4.39 Å². The lowest BCUT2D eigenvalue weighted by Crippen LogP contribution is -2.43. The molecule has 0 spiro atoms. The van der Waals surface area contributed by atoms with Crippen molar-refractivity contribution in [3.63, 3.8) is 0 Å².